The van der Waals surface area contributed by atoms with Crippen LogP contribution in [0.3, 0.4) is 0 Å². The van der Waals surface area contributed by atoms with Gasteiger partial charge in [-0.25, -0.2) is 0 Å². The largest absolute Gasteiger partial charge is 0.504 e. The fourth-order valence-corrected chi connectivity index (χ4v) is 3.47. The third kappa shape index (κ3) is 2.39. The van der Waals surface area contributed by atoms with Crippen LogP contribution in [0.25, 0.3) is 11.6 Å². The number of nitrogens with zero attached hydrogens (tertiary/aromatic N) is 2. The van der Waals surface area contributed by atoms with E-state index < -0.39 is 0 Å². The van der Waals surface area contributed by atoms with E-state index in [0.29, 0.717) is 12.3 Å². The molecule has 6 heteroatoms. The number of hydrogen-bond donors (Lipinski definition) is 2. The van der Waals surface area contributed by atoms with Gasteiger partial charge in [-0.2, -0.15) is 4.98 Å². The van der Waals surface area contributed by atoms with Gasteiger partial charge in [0, 0.05) is 31.7 Å². The van der Waals surface area contributed by atoms with Gasteiger partial charge in [-0.15, -0.1) is 0 Å². The van der Waals surface area contributed by atoms with Crippen molar-refractivity contribution in [3.63, 3.8) is 0 Å². The number of rotatable bonds is 2. The van der Waals surface area contributed by atoms with Gasteiger partial charge >= 0.3 is 0 Å². The zero-order chi connectivity index (χ0) is 16.7. The van der Waals surface area contributed by atoms with Gasteiger partial charge < -0.3 is 19.7 Å². The van der Waals surface area contributed by atoms with E-state index >= 15 is 0 Å². The number of nitrogens with one attached hydrogen (secondary N) is 1. The van der Waals surface area contributed by atoms with Crippen molar-refractivity contribution < 1.29 is 9.84 Å². The minimum absolute atomic E-state index is 0.113. The lowest BCUT2D eigenvalue weighted by atomic mass is 10.1. The van der Waals surface area contributed by atoms with Crippen LogP contribution in [0.1, 0.15) is 29.1 Å². The average molecular weight is 325 g/mol. The van der Waals surface area contributed by atoms with Gasteiger partial charge in [0.2, 0.25) is 0 Å². The van der Waals surface area contributed by atoms with Crippen molar-refractivity contribution in [3.05, 3.63) is 51.2 Å². The highest BCUT2D eigenvalue weighted by atomic mass is 16.5. The van der Waals surface area contributed by atoms with E-state index in [1.54, 1.807) is 12.1 Å². The first-order chi connectivity index (χ1) is 11.7. The summed E-state index contributed by atoms with van der Waals surface area (Å²) in [6.07, 6.45) is 3.72. The van der Waals surface area contributed by atoms with E-state index in [0.717, 1.165) is 54.1 Å². The van der Waals surface area contributed by atoms with Crippen molar-refractivity contribution in [3.8, 4) is 11.5 Å². The monoisotopic (exact) mass is 325 g/mol. The molecule has 0 atom stereocenters. The van der Waals surface area contributed by atoms with Gasteiger partial charge in [-0.3, -0.25) is 4.79 Å². The Morgan fingerprint density at radius 3 is 3.08 bits per heavy atom. The second-order valence-corrected chi connectivity index (χ2v) is 6.10. The molecular weight excluding hydrogens is 306 g/mol. The maximum Gasteiger partial charge on any atom is 0.277 e. The standard InChI is InChI=1S/C18H19N3O3/c1-24-16-9-11(2-3-15(16)22)8-12-5-7-21-14-4-6-19-10-13(14)18(23)20-17(12)21/h2-3,8-9,19,22H,4-7,10H2,1H3. The molecule has 1 aromatic heterocycles. The van der Waals surface area contributed by atoms with Crippen LogP contribution in [0.15, 0.2) is 23.0 Å². The van der Waals surface area contributed by atoms with E-state index in [1.807, 2.05) is 12.1 Å². The molecule has 2 aliphatic heterocycles. The van der Waals surface area contributed by atoms with Crippen LogP contribution in [0, 0.1) is 0 Å². The number of hydrogen-bond acceptors (Lipinski definition) is 5. The van der Waals surface area contributed by atoms with Crippen molar-refractivity contribution in [1.29, 1.82) is 0 Å². The number of ether oxygens (including phenoxy) is 1. The lowest BCUT2D eigenvalue weighted by Gasteiger charge is -2.20. The highest BCUT2D eigenvalue weighted by molar-refractivity contribution is 5.80. The molecule has 124 valence electrons. The van der Waals surface area contributed by atoms with Crippen molar-refractivity contribution in [2.75, 3.05) is 13.7 Å². The predicted octanol–water partition coefficient (Wildman–Crippen LogP) is 1.55. The zero-order valence-corrected chi connectivity index (χ0v) is 13.5. The van der Waals surface area contributed by atoms with E-state index in [1.165, 1.54) is 7.11 Å². The molecule has 0 bridgehead atoms. The molecule has 2 aliphatic rings. The maximum absolute atomic E-state index is 12.3. The van der Waals surface area contributed by atoms with Gasteiger partial charge in [0.15, 0.2) is 11.5 Å². The van der Waals surface area contributed by atoms with Crippen LogP contribution in [0.2, 0.25) is 0 Å². The Balaban J connectivity index is 1.79. The van der Waals surface area contributed by atoms with Gasteiger partial charge in [0.05, 0.1) is 12.7 Å². The van der Waals surface area contributed by atoms with Crippen LogP contribution in [0.5, 0.6) is 11.5 Å². The van der Waals surface area contributed by atoms with Gasteiger partial charge in [-0.1, -0.05) is 6.07 Å². The molecule has 1 aromatic carbocycles. The molecule has 0 spiro atoms. The van der Waals surface area contributed by atoms with E-state index in [2.05, 4.69) is 14.9 Å². The van der Waals surface area contributed by atoms with E-state index in [9.17, 15) is 9.90 Å². The summed E-state index contributed by atoms with van der Waals surface area (Å²) in [5.74, 6) is 1.32. The number of allylic oxidation sites excluding steroid dienone is 1. The number of phenolic OH excluding ortho intramolecular Hbond substituents is 1. The maximum atomic E-state index is 12.3. The van der Waals surface area contributed by atoms with Gasteiger partial charge in [-0.05, 0) is 35.8 Å². The normalized spacial score (nSPS) is 17.6. The Bertz CT molecular complexity index is 899. The van der Waals surface area contributed by atoms with E-state index in [4.69, 9.17) is 4.74 Å². The minimum atomic E-state index is -0.125. The summed E-state index contributed by atoms with van der Waals surface area (Å²) in [5.41, 5.74) is 3.76. The number of aromatic nitrogens is 2. The number of phenols is 1. The minimum Gasteiger partial charge on any atom is -0.504 e. The van der Waals surface area contributed by atoms with Gasteiger partial charge in [0.25, 0.3) is 5.56 Å². The summed E-state index contributed by atoms with van der Waals surface area (Å²) >= 11 is 0. The number of benzene rings is 1. The molecule has 3 heterocycles. The van der Waals surface area contributed by atoms with Gasteiger partial charge in [0.1, 0.15) is 5.82 Å². The highest BCUT2D eigenvalue weighted by Crippen LogP contribution is 2.32. The van der Waals surface area contributed by atoms with Crippen molar-refractivity contribution >= 4 is 11.6 Å². The first-order valence-electron chi connectivity index (χ1n) is 8.08. The molecule has 24 heavy (non-hydrogen) atoms. The Morgan fingerprint density at radius 2 is 2.25 bits per heavy atom. The average Bonchev–Trinajstić information content (AvgIpc) is 3.00. The molecular formula is C18H19N3O3. The summed E-state index contributed by atoms with van der Waals surface area (Å²) < 4.78 is 7.34. The molecule has 0 aliphatic carbocycles. The van der Waals surface area contributed by atoms with Crippen LogP contribution in [0.4, 0.5) is 0 Å². The summed E-state index contributed by atoms with van der Waals surface area (Å²) in [5, 5.41) is 12.9. The number of methoxy groups -OCH3 is 1. The van der Waals surface area contributed by atoms with Crippen LogP contribution in [-0.4, -0.2) is 28.3 Å². The summed E-state index contributed by atoms with van der Waals surface area (Å²) in [6.45, 7) is 2.35. The molecule has 0 unspecified atom stereocenters. The molecule has 0 fully saturated rings. The lowest BCUT2D eigenvalue weighted by molar-refractivity contribution is 0.373. The quantitative estimate of drug-likeness (QED) is 0.876. The molecule has 4 rings (SSSR count). The van der Waals surface area contributed by atoms with Crippen LogP contribution < -0.4 is 15.6 Å². The Morgan fingerprint density at radius 1 is 1.38 bits per heavy atom. The lowest BCUT2D eigenvalue weighted by Crippen LogP contribution is -2.34. The molecule has 6 nitrogen and oxygen atoms in total. The van der Waals surface area contributed by atoms with Crippen LogP contribution >= 0.6 is 0 Å². The zero-order valence-electron chi connectivity index (χ0n) is 13.5. The van der Waals surface area contributed by atoms with Crippen molar-refractivity contribution in [1.82, 2.24) is 14.9 Å². The Labute approximate surface area is 139 Å². The third-order valence-electron chi connectivity index (χ3n) is 4.67. The first-order valence-corrected chi connectivity index (χ1v) is 8.08. The first kappa shape index (κ1) is 15.0. The number of aromatic hydroxyl groups is 1. The highest BCUT2D eigenvalue weighted by Gasteiger charge is 2.25. The molecule has 0 saturated carbocycles. The topological polar surface area (TPSA) is 76.4 Å². The fourth-order valence-electron chi connectivity index (χ4n) is 3.47. The Kier molecular flexibility index (Phi) is 3.61. The smallest absolute Gasteiger partial charge is 0.277 e. The second-order valence-electron chi connectivity index (χ2n) is 6.10. The van der Waals surface area contributed by atoms with E-state index in [-0.39, 0.29) is 11.3 Å². The molecule has 0 amide bonds. The Hall–Kier alpha value is -2.60. The number of fused-ring (bicyclic) bond motifs is 3. The van der Waals surface area contributed by atoms with Crippen LogP contribution in [-0.2, 0) is 19.5 Å². The molecule has 0 saturated heterocycles. The second kappa shape index (κ2) is 5.79. The van der Waals surface area contributed by atoms with Crippen molar-refractivity contribution in [2.24, 2.45) is 0 Å². The summed E-state index contributed by atoms with van der Waals surface area (Å²) in [4.78, 5) is 16.6. The SMILES string of the molecule is COc1cc(C=C2CCn3c2nc(=O)c2c3CCNC2)ccc1O. The third-order valence-corrected chi connectivity index (χ3v) is 4.67. The molecule has 0 radical (unpaired) electrons. The fraction of sp³-hybridized carbons (Fsp3) is 0.333. The molecule has 2 aromatic rings. The predicted molar refractivity (Wildman–Crippen MR) is 91.1 cm³/mol. The summed E-state index contributed by atoms with van der Waals surface area (Å²) in [6, 6.07) is 5.22. The summed E-state index contributed by atoms with van der Waals surface area (Å²) in [7, 11) is 1.53. The molecule has 2 N–H and O–H groups in total. The van der Waals surface area contributed by atoms with Crippen molar-refractivity contribution in [2.45, 2.75) is 25.9 Å².